The summed E-state index contributed by atoms with van der Waals surface area (Å²) in [7, 11) is 0. The van der Waals surface area contributed by atoms with E-state index in [0.29, 0.717) is 31.3 Å². The van der Waals surface area contributed by atoms with Crippen molar-refractivity contribution in [2.45, 2.75) is 91.1 Å². The minimum atomic E-state index is -0.487. The fourth-order valence-electron chi connectivity index (χ4n) is 6.82. The molecule has 0 saturated heterocycles. The lowest BCUT2D eigenvalue weighted by Gasteiger charge is -2.56. The molecular formula is C26H40O4. The van der Waals surface area contributed by atoms with Gasteiger partial charge in [0.1, 0.15) is 0 Å². The molecule has 0 aromatic carbocycles. The number of allylic oxidation sites excluding steroid dienone is 4. The van der Waals surface area contributed by atoms with E-state index in [-0.39, 0.29) is 22.9 Å². The number of hydrogen-bond acceptors (Lipinski definition) is 4. The normalized spacial score (nSPS) is 42.5. The van der Waals surface area contributed by atoms with Crippen molar-refractivity contribution in [1.82, 2.24) is 0 Å². The minimum Gasteiger partial charge on any atom is -0.393 e. The monoisotopic (exact) mass is 416 g/mol. The van der Waals surface area contributed by atoms with Crippen LogP contribution in [0.1, 0.15) is 66.7 Å². The SMILES string of the molecule is CC(OC[C@@H](O)C(C)C)C1=CC[C@H]2C3=CC=C4CC(O)CC(O)[C@]4(C)[C@H]3CC[C@]12C. The molecule has 0 aliphatic heterocycles. The van der Waals surface area contributed by atoms with Crippen LogP contribution in [0.5, 0.6) is 0 Å². The van der Waals surface area contributed by atoms with E-state index in [0.717, 1.165) is 19.3 Å². The molecule has 0 heterocycles. The largest absolute Gasteiger partial charge is 0.393 e. The molecule has 0 aromatic rings. The Labute approximate surface area is 181 Å². The Morgan fingerprint density at radius 3 is 2.57 bits per heavy atom. The average Bonchev–Trinajstić information content (AvgIpc) is 3.04. The highest BCUT2D eigenvalue weighted by Gasteiger charge is 2.57. The van der Waals surface area contributed by atoms with Crippen LogP contribution in [0.25, 0.3) is 0 Å². The number of fused-ring (bicyclic) bond motifs is 5. The van der Waals surface area contributed by atoms with Crippen LogP contribution >= 0.6 is 0 Å². The van der Waals surface area contributed by atoms with Crippen molar-refractivity contribution in [1.29, 1.82) is 0 Å². The Morgan fingerprint density at radius 2 is 1.87 bits per heavy atom. The third kappa shape index (κ3) is 3.35. The molecule has 3 N–H and O–H groups in total. The van der Waals surface area contributed by atoms with Gasteiger partial charge in [-0.3, -0.25) is 0 Å². The van der Waals surface area contributed by atoms with Crippen LogP contribution in [0.3, 0.4) is 0 Å². The molecule has 0 spiro atoms. The van der Waals surface area contributed by atoms with E-state index in [2.05, 4.69) is 39.0 Å². The van der Waals surface area contributed by atoms with Crippen LogP contribution in [0.15, 0.2) is 34.9 Å². The highest BCUT2D eigenvalue weighted by Crippen LogP contribution is 2.64. The summed E-state index contributed by atoms with van der Waals surface area (Å²) in [6, 6.07) is 0. The van der Waals surface area contributed by atoms with Crippen LogP contribution < -0.4 is 0 Å². The summed E-state index contributed by atoms with van der Waals surface area (Å²) in [5.74, 6) is 0.994. The molecule has 3 unspecified atom stereocenters. The van der Waals surface area contributed by atoms with Crippen molar-refractivity contribution in [3.8, 4) is 0 Å². The fraction of sp³-hybridized carbons (Fsp3) is 0.769. The van der Waals surface area contributed by atoms with Gasteiger partial charge in [0.15, 0.2) is 0 Å². The number of ether oxygens (including phenoxy) is 1. The molecule has 0 radical (unpaired) electrons. The molecular weight excluding hydrogens is 376 g/mol. The zero-order chi connectivity index (χ0) is 21.8. The predicted molar refractivity (Wildman–Crippen MR) is 119 cm³/mol. The zero-order valence-electron chi connectivity index (χ0n) is 19.3. The van der Waals surface area contributed by atoms with Crippen molar-refractivity contribution >= 4 is 0 Å². The first-order valence-corrected chi connectivity index (χ1v) is 11.9. The molecule has 0 amide bonds. The Kier molecular flexibility index (Phi) is 5.85. The van der Waals surface area contributed by atoms with Crippen molar-refractivity contribution in [3.63, 3.8) is 0 Å². The predicted octanol–water partition coefficient (Wildman–Crippen LogP) is 4.16. The minimum absolute atomic E-state index is 0.00579. The lowest BCUT2D eigenvalue weighted by molar-refractivity contribution is -0.0514. The molecule has 168 valence electrons. The van der Waals surface area contributed by atoms with Crippen molar-refractivity contribution in [2.24, 2.45) is 28.6 Å². The number of aliphatic hydroxyl groups is 3. The van der Waals surface area contributed by atoms with Gasteiger partial charge in [-0.15, -0.1) is 0 Å². The highest BCUT2D eigenvalue weighted by molar-refractivity contribution is 5.43. The lowest BCUT2D eigenvalue weighted by Crippen LogP contribution is -2.52. The Morgan fingerprint density at radius 1 is 1.13 bits per heavy atom. The number of hydrogen-bond donors (Lipinski definition) is 3. The van der Waals surface area contributed by atoms with Crippen molar-refractivity contribution < 1.29 is 20.1 Å². The average molecular weight is 417 g/mol. The van der Waals surface area contributed by atoms with Crippen molar-refractivity contribution in [2.75, 3.05) is 6.61 Å². The van der Waals surface area contributed by atoms with E-state index in [1.165, 1.54) is 16.7 Å². The summed E-state index contributed by atoms with van der Waals surface area (Å²) >= 11 is 0. The quantitative estimate of drug-likeness (QED) is 0.589. The third-order valence-corrected chi connectivity index (χ3v) is 9.02. The van der Waals surface area contributed by atoms with E-state index in [1.54, 1.807) is 0 Å². The molecule has 4 aliphatic carbocycles. The van der Waals surface area contributed by atoms with Gasteiger partial charge in [-0.2, -0.15) is 0 Å². The maximum Gasteiger partial charge on any atom is 0.0796 e. The lowest BCUT2D eigenvalue weighted by atomic mass is 9.49. The fourth-order valence-corrected chi connectivity index (χ4v) is 6.82. The summed E-state index contributed by atoms with van der Waals surface area (Å²) in [5.41, 5.74) is 3.90. The van der Waals surface area contributed by atoms with E-state index < -0.39 is 18.3 Å². The summed E-state index contributed by atoms with van der Waals surface area (Å²) in [6.45, 7) is 11.1. The maximum absolute atomic E-state index is 11.0. The summed E-state index contributed by atoms with van der Waals surface area (Å²) < 4.78 is 6.12. The van der Waals surface area contributed by atoms with E-state index in [9.17, 15) is 15.3 Å². The van der Waals surface area contributed by atoms with Gasteiger partial charge in [-0.1, -0.05) is 57.1 Å². The first-order chi connectivity index (χ1) is 14.1. The molecule has 8 atom stereocenters. The molecule has 0 bridgehead atoms. The maximum atomic E-state index is 11.0. The first kappa shape index (κ1) is 22.3. The van der Waals surface area contributed by atoms with Crippen LogP contribution in [0, 0.1) is 28.6 Å². The molecule has 2 saturated carbocycles. The molecule has 4 aliphatic rings. The van der Waals surface area contributed by atoms with Gasteiger partial charge in [0.25, 0.3) is 0 Å². The van der Waals surface area contributed by atoms with Gasteiger partial charge in [-0.05, 0) is 61.3 Å². The molecule has 4 heteroatoms. The van der Waals surface area contributed by atoms with Crippen LogP contribution in [0.2, 0.25) is 0 Å². The first-order valence-electron chi connectivity index (χ1n) is 11.9. The molecule has 30 heavy (non-hydrogen) atoms. The molecule has 0 aromatic heterocycles. The summed E-state index contributed by atoms with van der Waals surface area (Å²) in [4.78, 5) is 0. The second kappa shape index (κ2) is 7.88. The van der Waals surface area contributed by atoms with Crippen LogP contribution in [-0.2, 0) is 4.74 Å². The van der Waals surface area contributed by atoms with Gasteiger partial charge in [0, 0.05) is 11.8 Å². The van der Waals surface area contributed by atoms with Gasteiger partial charge >= 0.3 is 0 Å². The summed E-state index contributed by atoms with van der Waals surface area (Å²) in [5, 5.41) is 31.3. The van der Waals surface area contributed by atoms with E-state index in [1.807, 2.05) is 13.8 Å². The number of rotatable bonds is 5. The van der Waals surface area contributed by atoms with E-state index in [4.69, 9.17) is 4.74 Å². The van der Waals surface area contributed by atoms with Crippen molar-refractivity contribution in [3.05, 3.63) is 34.9 Å². The molecule has 4 rings (SSSR count). The summed E-state index contributed by atoms with van der Waals surface area (Å²) in [6.07, 6.45) is 9.86. The van der Waals surface area contributed by atoms with Gasteiger partial charge in [-0.25, -0.2) is 0 Å². The second-order valence-corrected chi connectivity index (χ2v) is 11.0. The third-order valence-electron chi connectivity index (χ3n) is 9.02. The Hall–Kier alpha value is -0.940. The Balaban J connectivity index is 1.56. The van der Waals surface area contributed by atoms with Crippen LogP contribution in [0.4, 0.5) is 0 Å². The Bertz CT molecular complexity index is 765. The number of aliphatic hydroxyl groups excluding tert-OH is 3. The van der Waals surface area contributed by atoms with Gasteiger partial charge in [0.2, 0.25) is 0 Å². The van der Waals surface area contributed by atoms with Crippen LogP contribution in [-0.4, -0.2) is 46.3 Å². The topological polar surface area (TPSA) is 69.9 Å². The standard InChI is InChI=1S/C26H40O4/c1-15(2)23(28)14-30-16(3)20-8-9-21-19-7-6-17-12-18(27)13-24(29)26(17,5)22(19)10-11-25(20,21)4/h6-8,15-16,18,21-24,27-29H,9-14H2,1-5H3/t16?,18?,21-,22-,23+,24?,25+,26-/m0/s1. The van der Waals surface area contributed by atoms with Gasteiger partial charge < -0.3 is 20.1 Å². The highest BCUT2D eigenvalue weighted by atomic mass is 16.5. The molecule has 4 nitrogen and oxygen atoms in total. The second-order valence-electron chi connectivity index (χ2n) is 11.0. The smallest absolute Gasteiger partial charge is 0.0796 e. The van der Waals surface area contributed by atoms with E-state index >= 15 is 0 Å². The molecule has 2 fully saturated rings. The zero-order valence-corrected chi connectivity index (χ0v) is 19.3. The van der Waals surface area contributed by atoms with Gasteiger partial charge in [0.05, 0.1) is 31.0 Å².